The van der Waals surface area contributed by atoms with E-state index in [2.05, 4.69) is 72.8 Å². The molecule has 4 N–H and O–H groups in total. The van der Waals surface area contributed by atoms with E-state index in [-0.39, 0.29) is 0 Å². The molecular formula is C24H29N9. The highest BCUT2D eigenvalue weighted by Crippen LogP contribution is 2.32. The highest BCUT2D eigenvalue weighted by molar-refractivity contribution is 6.01. The van der Waals surface area contributed by atoms with Crippen molar-refractivity contribution in [3.8, 4) is 11.1 Å². The fraction of sp³-hybridized carbons (Fsp3) is 0.333. The topological polar surface area (TPSA) is 107 Å². The van der Waals surface area contributed by atoms with Crippen LogP contribution in [0, 0.1) is 0 Å². The molecule has 1 saturated heterocycles. The Kier molecular flexibility index (Phi) is 5.78. The van der Waals surface area contributed by atoms with Gasteiger partial charge >= 0.3 is 0 Å². The summed E-state index contributed by atoms with van der Waals surface area (Å²) in [6, 6.07) is 9.14. The first-order valence-electron chi connectivity index (χ1n) is 11.3. The number of hydrogen-bond donors (Lipinski definition) is 4. The van der Waals surface area contributed by atoms with Gasteiger partial charge in [-0.2, -0.15) is 0 Å². The van der Waals surface area contributed by atoms with Crippen LogP contribution < -0.4 is 20.9 Å². The van der Waals surface area contributed by atoms with Gasteiger partial charge in [-0.15, -0.1) is 0 Å². The summed E-state index contributed by atoms with van der Waals surface area (Å²) in [5.74, 6) is 1.78. The number of pyridine rings is 2. The van der Waals surface area contributed by atoms with Gasteiger partial charge < -0.3 is 25.8 Å². The number of H-pyrrole nitrogens is 1. The van der Waals surface area contributed by atoms with Crippen molar-refractivity contribution in [2.45, 2.75) is 32.5 Å². The Balaban J connectivity index is 1.40. The molecule has 4 aromatic heterocycles. The van der Waals surface area contributed by atoms with Crippen LogP contribution in [0.3, 0.4) is 0 Å². The molecular weight excluding hydrogens is 414 g/mol. The number of rotatable bonds is 6. The third kappa shape index (κ3) is 4.45. The van der Waals surface area contributed by atoms with Crippen LogP contribution in [0.4, 0.5) is 17.3 Å². The average Bonchev–Trinajstić information content (AvgIpc) is 3.27. The lowest BCUT2D eigenvalue weighted by atomic mass is 10.1. The van der Waals surface area contributed by atoms with E-state index in [1.807, 2.05) is 25.5 Å². The number of aromatic nitrogens is 5. The van der Waals surface area contributed by atoms with Gasteiger partial charge in [0.15, 0.2) is 0 Å². The minimum Gasteiger partial charge on any atom is -0.387 e. The first-order chi connectivity index (χ1) is 16.1. The Morgan fingerprint density at radius 3 is 2.79 bits per heavy atom. The molecule has 5 rings (SSSR count). The Morgan fingerprint density at radius 1 is 1.12 bits per heavy atom. The largest absolute Gasteiger partial charge is 0.387 e. The van der Waals surface area contributed by atoms with Crippen molar-refractivity contribution in [3.63, 3.8) is 0 Å². The van der Waals surface area contributed by atoms with Crippen LogP contribution in [0.15, 0.2) is 49.2 Å². The van der Waals surface area contributed by atoms with Crippen LogP contribution in [0.5, 0.6) is 0 Å². The minimum atomic E-state index is 0.439. The molecule has 9 nitrogen and oxygen atoms in total. The van der Waals surface area contributed by atoms with Gasteiger partial charge in [0.25, 0.3) is 0 Å². The Labute approximate surface area is 193 Å². The highest BCUT2D eigenvalue weighted by Gasteiger charge is 2.22. The molecule has 1 aliphatic rings. The zero-order chi connectivity index (χ0) is 22.8. The predicted octanol–water partition coefficient (Wildman–Crippen LogP) is 3.26. The molecule has 0 bridgehead atoms. The van der Waals surface area contributed by atoms with Gasteiger partial charge in [0, 0.05) is 61.9 Å². The molecule has 0 aliphatic carbocycles. The zero-order valence-corrected chi connectivity index (χ0v) is 19.1. The summed E-state index contributed by atoms with van der Waals surface area (Å²) in [6.45, 7) is 6.90. The number of hydrogen-bond acceptors (Lipinski definition) is 8. The first kappa shape index (κ1) is 21.1. The van der Waals surface area contributed by atoms with Gasteiger partial charge in [-0.25, -0.2) is 15.0 Å². The molecule has 0 unspecified atom stereocenters. The van der Waals surface area contributed by atoms with Crippen molar-refractivity contribution in [2.75, 3.05) is 35.7 Å². The monoisotopic (exact) mass is 443 g/mol. The van der Waals surface area contributed by atoms with E-state index in [9.17, 15) is 0 Å². The fourth-order valence-corrected chi connectivity index (χ4v) is 4.48. The summed E-state index contributed by atoms with van der Waals surface area (Å²) in [6.07, 6.45) is 7.17. The van der Waals surface area contributed by atoms with Crippen LogP contribution in [0.25, 0.3) is 22.2 Å². The number of nitrogens with zero attached hydrogens (tertiary/aromatic N) is 5. The summed E-state index contributed by atoms with van der Waals surface area (Å²) < 4.78 is 0. The quantitative estimate of drug-likeness (QED) is 0.360. The third-order valence-electron chi connectivity index (χ3n) is 5.92. The second kappa shape index (κ2) is 9.03. The van der Waals surface area contributed by atoms with Gasteiger partial charge in [0.05, 0.1) is 23.3 Å². The predicted molar refractivity (Wildman–Crippen MR) is 133 cm³/mol. The van der Waals surface area contributed by atoms with E-state index in [1.54, 1.807) is 12.5 Å². The molecule has 0 aromatic carbocycles. The molecule has 2 atom stereocenters. The van der Waals surface area contributed by atoms with Crippen molar-refractivity contribution in [3.05, 3.63) is 54.9 Å². The van der Waals surface area contributed by atoms with E-state index >= 15 is 0 Å². The normalized spacial score (nSPS) is 18.5. The van der Waals surface area contributed by atoms with Crippen LogP contribution in [0.2, 0.25) is 0 Å². The molecule has 0 spiro atoms. The second-order valence-electron chi connectivity index (χ2n) is 8.57. The van der Waals surface area contributed by atoms with Crippen molar-refractivity contribution in [1.82, 2.24) is 30.2 Å². The van der Waals surface area contributed by atoms with Crippen molar-refractivity contribution in [2.24, 2.45) is 0 Å². The first-order valence-corrected chi connectivity index (χ1v) is 11.3. The van der Waals surface area contributed by atoms with E-state index in [0.717, 1.165) is 58.3 Å². The summed E-state index contributed by atoms with van der Waals surface area (Å²) in [4.78, 5) is 23.8. The zero-order valence-electron chi connectivity index (χ0n) is 19.1. The second-order valence-corrected chi connectivity index (χ2v) is 8.57. The van der Waals surface area contributed by atoms with Gasteiger partial charge in [-0.1, -0.05) is 6.07 Å². The molecule has 33 heavy (non-hydrogen) atoms. The average molecular weight is 444 g/mol. The molecule has 1 fully saturated rings. The Bertz CT molecular complexity index is 1240. The third-order valence-corrected chi connectivity index (χ3v) is 5.92. The lowest BCUT2D eigenvalue weighted by Gasteiger charge is -2.37. The summed E-state index contributed by atoms with van der Waals surface area (Å²) in [5, 5.41) is 11.1. The van der Waals surface area contributed by atoms with Gasteiger partial charge in [0.1, 0.15) is 23.6 Å². The number of piperazine rings is 1. The van der Waals surface area contributed by atoms with Crippen LogP contribution >= 0.6 is 0 Å². The van der Waals surface area contributed by atoms with Crippen LogP contribution in [-0.4, -0.2) is 57.1 Å². The van der Waals surface area contributed by atoms with E-state index in [1.165, 1.54) is 0 Å². The van der Waals surface area contributed by atoms with Gasteiger partial charge in [-0.05, 0) is 32.0 Å². The molecule has 170 valence electrons. The van der Waals surface area contributed by atoms with Crippen LogP contribution in [-0.2, 0) is 6.54 Å². The smallest absolute Gasteiger partial charge is 0.143 e. The summed E-state index contributed by atoms with van der Waals surface area (Å²) in [7, 11) is 1.88. The number of anilines is 3. The van der Waals surface area contributed by atoms with Gasteiger partial charge in [0.2, 0.25) is 0 Å². The lowest BCUT2D eigenvalue weighted by molar-refractivity contribution is 0.405. The van der Waals surface area contributed by atoms with E-state index < -0.39 is 0 Å². The van der Waals surface area contributed by atoms with Crippen molar-refractivity contribution >= 4 is 28.4 Å². The molecule has 4 aromatic rings. The lowest BCUT2D eigenvalue weighted by Crippen LogP contribution is -2.54. The number of aromatic amines is 1. The summed E-state index contributed by atoms with van der Waals surface area (Å²) >= 11 is 0. The van der Waals surface area contributed by atoms with Crippen molar-refractivity contribution < 1.29 is 0 Å². The standard InChI is InChI=1S/C24H29N9/c1-15-12-33(13-16(2)31-15)21-6-4-5-18(32-21)10-27-23-22-20(11-28-24(22)30-14-29-23)17-7-19(25-3)9-26-8-17/h4-9,11,14-16,25,31H,10,12-13H2,1-3H3,(H2,27,28,29,30)/t15-,16+. The molecule has 5 heterocycles. The van der Waals surface area contributed by atoms with Crippen LogP contribution in [0.1, 0.15) is 19.5 Å². The van der Waals surface area contributed by atoms with E-state index in [0.29, 0.717) is 18.6 Å². The molecule has 1 aliphatic heterocycles. The highest BCUT2D eigenvalue weighted by atomic mass is 15.3. The van der Waals surface area contributed by atoms with Gasteiger partial charge in [-0.3, -0.25) is 4.98 Å². The maximum Gasteiger partial charge on any atom is 0.143 e. The SMILES string of the molecule is CNc1cncc(-c2c[nH]c3ncnc(NCc4cccc(N5C[C@@H](C)N[C@@H](C)C5)n4)c23)c1. The maximum atomic E-state index is 4.92. The maximum absolute atomic E-state index is 4.92. The molecule has 0 amide bonds. The summed E-state index contributed by atoms with van der Waals surface area (Å²) in [5.41, 5.74) is 4.69. The molecule has 9 heteroatoms. The van der Waals surface area contributed by atoms with Crippen molar-refractivity contribution in [1.29, 1.82) is 0 Å². The minimum absolute atomic E-state index is 0.439. The Morgan fingerprint density at radius 2 is 1.97 bits per heavy atom. The number of fused-ring (bicyclic) bond motifs is 1. The number of nitrogens with one attached hydrogen (secondary N) is 4. The molecule has 0 saturated carbocycles. The fourth-order valence-electron chi connectivity index (χ4n) is 4.48. The Hall–Kier alpha value is -3.72. The molecule has 0 radical (unpaired) electrons. The van der Waals surface area contributed by atoms with E-state index in [4.69, 9.17) is 4.98 Å².